The van der Waals surface area contributed by atoms with Crippen molar-refractivity contribution in [2.75, 3.05) is 0 Å². The highest BCUT2D eigenvalue weighted by molar-refractivity contribution is 5.18. The van der Waals surface area contributed by atoms with Crippen LogP contribution in [0.5, 0.6) is 0 Å². The van der Waals surface area contributed by atoms with E-state index in [1.807, 2.05) is 0 Å². The van der Waals surface area contributed by atoms with Crippen molar-refractivity contribution in [3.63, 3.8) is 0 Å². The number of aliphatic hydroxyl groups is 1. The predicted molar refractivity (Wildman–Crippen MR) is 54.0 cm³/mol. The molecule has 0 aliphatic carbocycles. The van der Waals surface area contributed by atoms with Crippen molar-refractivity contribution < 1.29 is 9.50 Å². The van der Waals surface area contributed by atoms with Gasteiger partial charge in [0.25, 0.3) is 0 Å². The fourth-order valence-electron chi connectivity index (χ4n) is 1.21. The Balaban J connectivity index is 2.58. The van der Waals surface area contributed by atoms with E-state index in [0.717, 1.165) is 0 Å². The van der Waals surface area contributed by atoms with Gasteiger partial charge in [-0.1, -0.05) is 12.1 Å². The van der Waals surface area contributed by atoms with E-state index in [1.54, 1.807) is 19.1 Å². The topological polar surface area (TPSA) is 20.2 Å². The van der Waals surface area contributed by atoms with Crippen LogP contribution in [0.15, 0.2) is 24.3 Å². The summed E-state index contributed by atoms with van der Waals surface area (Å²) in [5.41, 5.74) is 0.614. The fraction of sp³-hybridized carbons (Fsp3) is 0.333. The van der Waals surface area contributed by atoms with Gasteiger partial charge in [-0.2, -0.15) is 0 Å². The molecule has 0 radical (unpaired) electrons. The molecular formula is C12H13FO. The molecule has 0 fully saturated rings. The van der Waals surface area contributed by atoms with E-state index in [2.05, 4.69) is 11.8 Å². The van der Waals surface area contributed by atoms with Crippen molar-refractivity contribution in [3.8, 4) is 11.8 Å². The van der Waals surface area contributed by atoms with E-state index >= 15 is 0 Å². The quantitative estimate of drug-likeness (QED) is 0.730. The van der Waals surface area contributed by atoms with Gasteiger partial charge < -0.3 is 5.11 Å². The fourth-order valence-corrected chi connectivity index (χ4v) is 1.21. The maximum atomic E-state index is 12.8. The highest BCUT2D eigenvalue weighted by Gasteiger charge is 2.06. The Morgan fingerprint density at radius 3 is 2.93 bits per heavy atom. The summed E-state index contributed by atoms with van der Waals surface area (Å²) < 4.78 is 12.8. The minimum atomic E-state index is -0.619. The maximum Gasteiger partial charge on any atom is 0.123 e. The van der Waals surface area contributed by atoms with Crippen LogP contribution in [0.3, 0.4) is 0 Å². The maximum absolute atomic E-state index is 12.8. The Hall–Kier alpha value is -1.33. The molecule has 14 heavy (non-hydrogen) atoms. The molecule has 1 aromatic carbocycles. The second kappa shape index (κ2) is 5.41. The molecule has 1 nitrogen and oxygen atoms in total. The van der Waals surface area contributed by atoms with Gasteiger partial charge in [0, 0.05) is 6.42 Å². The van der Waals surface area contributed by atoms with Crippen LogP contribution < -0.4 is 0 Å². The largest absolute Gasteiger partial charge is 0.388 e. The number of rotatable bonds is 3. The average Bonchev–Trinajstić information content (AvgIpc) is 2.18. The Morgan fingerprint density at radius 1 is 1.50 bits per heavy atom. The van der Waals surface area contributed by atoms with Crippen LogP contribution >= 0.6 is 0 Å². The Morgan fingerprint density at radius 2 is 2.29 bits per heavy atom. The second-order valence-electron chi connectivity index (χ2n) is 3.04. The van der Waals surface area contributed by atoms with Gasteiger partial charge >= 0.3 is 0 Å². The van der Waals surface area contributed by atoms with Crippen molar-refractivity contribution in [3.05, 3.63) is 35.6 Å². The highest BCUT2D eigenvalue weighted by Crippen LogP contribution is 2.18. The van der Waals surface area contributed by atoms with Gasteiger partial charge in [-0.05, 0) is 31.0 Å². The molecule has 0 amide bonds. The molecule has 74 valence electrons. The molecule has 0 saturated carbocycles. The molecular weight excluding hydrogens is 179 g/mol. The third kappa shape index (κ3) is 3.20. The van der Waals surface area contributed by atoms with Crippen LogP contribution in [-0.4, -0.2) is 5.11 Å². The normalized spacial score (nSPS) is 11.6. The average molecular weight is 192 g/mol. The number of benzene rings is 1. The van der Waals surface area contributed by atoms with Crippen LogP contribution in [0.4, 0.5) is 4.39 Å². The lowest BCUT2D eigenvalue weighted by Crippen LogP contribution is -1.97. The van der Waals surface area contributed by atoms with Crippen LogP contribution in [0.2, 0.25) is 0 Å². The molecule has 0 bridgehead atoms. The summed E-state index contributed by atoms with van der Waals surface area (Å²) in [6.45, 7) is 1.76. The first-order chi connectivity index (χ1) is 6.74. The Kier molecular flexibility index (Phi) is 4.15. The van der Waals surface area contributed by atoms with Gasteiger partial charge in [-0.3, -0.25) is 0 Å². The SMILES string of the molecule is CC#CCCC(O)c1cccc(F)c1. The summed E-state index contributed by atoms with van der Waals surface area (Å²) in [5.74, 6) is 5.29. The molecule has 1 atom stereocenters. The third-order valence-corrected chi connectivity index (χ3v) is 1.95. The van der Waals surface area contributed by atoms with Crippen molar-refractivity contribution in [2.45, 2.75) is 25.9 Å². The molecule has 0 saturated heterocycles. The summed E-state index contributed by atoms with van der Waals surface area (Å²) in [6.07, 6.45) is 0.560. The monoisotopic (exact) mass is 192 g/mol. The van der Waals surface area contributed by atoms with Gasteiger partial charge in [0.1, 0.15) is 5.82 Å². The Labute approximate surface area is 83.6 Å². The first-order valence-electron chi connectivity index (χ1n) is 4.57. The van der Waals surface area contributed by atoms with Crippen molar-refractivity contribution in [1.82, 2.24) is 0 Å². The zero-order valence-electron chi connectivity index (χ0n) is 8.13. The second-order valence-corrected chi connectivity index (χ2v) is 3.04. The summed E-state index contributed by atoms with van der Waals surface area (Å²) in [4.78, 5) is 0. The van der Waals surface area contributed by atoms with Gasteiger partial charge in [0.2, 0.25) is 0 Å². The molecule has 1 unspecified atom stereocenters. The Bertz CT molecular complexity index is 349. The molecule has 0 aromatic heterocycles. The summed E-state index contributed by atoms with van der Waals surface area (Å²) in [6, 6.07) is 6.03. The summed E-state index contributed by atoms with van der Waals surface area (Å²) >= 11 is 0. The number of aliphatic hydroxyl groups excluding tert-OH is 1. The molecule has 0 heterocycles. The van der Waals surface area contributed by atoms with E-state index in [4.69, 9.17) is 0 Å². The van der Waals surface area contributed by atoms with Crippen molar-refractivity contribution >= 4 is 0 Å². The zero-order chi connectivity index (χ0) is 10.4. The van der Waals surface area contributed by atoms with Crippen LogP contribution in [0.25, 0.3) is 0 Å². The van der Waals surface area contributed by atoms with Crippen LogP contribution in [0, 0.1) is 17.7 Å². The summed E-state index contributed by atoms with van der Waals surface area (Å²) in [7, 11) is 0. The molecule has 0 spiro atoms. The molecule has 0 aliphatic heterocycles. The van der Waals surface area contributed by atoms with Gasteiger partial charge in [-0.15, -0.1) is 11.8 Å². The minimum Gasteiger partial charge on any atom is -0.388 e. The van der Waals surface area contributed by atoms with E-state index < -0.39 is 6.10 Å². The van der Waals surface area contributed by atoms with E-state index in [1.165, 1.54) is 12.1 Å². The highest BCUT2D eigenvalue weighted by atomic mass is 19.1. The first-order valence-corrected chi connectivity index (χ1v) is 4.57. The molecule has 1 aromatic rings. The van der Waals surface area contributed by atoms with Gasteiger partial charge in [0.15, 0.2) is 0 Å². The standard InChI is InChI=1S/C12H13FO/c1-2-3-4-8-12(14)10-6-5-7-11(13)9-10/h5-7,9,12,14H,4,8H2,1H3. The minimum absolute atomic E-state index is 0.317. The van der Waals surface area contributed by atoms with E-state index in [9.17, 15) is 9.50 Å². The number of hydrogen-bond donors (Lipinski definition) is 1. The lowest BCUT2D eigenvalue weighted by Gasteiger charge is -2.08. The smallest absolute Gasteiger partial charge is 0.123 e. The summed E-state index contributed by atoms with van der Waals surface area (Å²) in [5, 5.41) is 9.64. The van der Waals surface area contributed by atoms with Crippen molar-refractivity contribution in [1.29, 1.82) is 0 Å². The predicted octanol–water partition coefficient (Wildman–Crippen LogP) is 2.66. The molecule has 2 heteroatoms. The van der Waals surface area contributed by atoms with Gasteiger partial charge in [0.05, 0.1) is 6.10 Å². The lowest BCUT2D eigenvalue weighted by molar-refractivity contribution is 0.169. The molecule has 0 aliphatic rings. The van der Waals surface area contributed by atoms with E-state index in [0.29, 0.717) is 18.4 Å². The van der Waals surface area contributed by atoms with Crippen molar-refractivity contribution in [2.24, 2.45) is 0 Å². The lowest BCUT2D eigenvalue weighted by atomic mass is 10.1. The van der Waals surface area contributed by atoms with Crippen LogP contribution in [-0.2, 0) is 0 Å². The van der Waals surface area contributed by atoms with Gasteiger partial charge in [-0.25, -0.2) is 4.39 Å². The first kappa shape index (κ1) is 10.7. The molecule has 1 N–H and O–H groups in total. The number of halogens is 1. The third-order valence-electron chi connectivity index (χ3n) is 1.95. The number of hydrogen-bond acceptors (Lipinski definition) is 1. The zero-order valence-corrected chi connectivity index (χ0v) is 8.13. The van der Waals surface area contributed by atoms with Crippen LogP contribution in [0.1, 0.15) is 31.4 Å². The molecule has 1 rings (SSSR count). The van der Waals surface area contributed by atoms with E-state index in [-0.39, 0.29) is 5.82 Å².